The summed E-state index contributed by atoms with van der Waals surface area (Å²) in [7, 11) is 1.60. The minimum absolute atomic E-state index is 0.0799. The van der Waals surface area contributed by atoms with E-state index in [2.05, 4.69) is 15.0 Å². The van der Waals surface area contributed by atoms with Gasteiger partial charge in [-0.15, -0.1) is 11.3 Å². The third kappa shape index (κ3) is 4.39. The van der Waals surface area contributed by atoms with Gasteiger partial charge in [0.2, 0.25) is 0 Å². The molecule has 0 saturated heterocycles. The zero-order chi connectivity index (χ0) is 16.1. The van der Waals surface area contributed by atoms with Crippen molar-refractivity contribution < 1.29 is 18.3 Å². The van der Waals surface area contributed by atoms with E-state index in [4.69, 9.17) is 0 Å². The standard InChI is InChI=1S/C14H15F2N3O2S/c1-9-17-10(8-22-9)7-19(2)14(20)18-11-5-3-4-6-12(11)21-13(15)16/h3-6,8,13H,7H2,1-2H3,(H,18,20). The fourth-order valence-electron chi connectivity index (χ4n) is 1.77. The summed E-state index contributed by atoms with van der Waals surface area (Å²) in [6.07, 6.45) is 0. The lowest BCUT2D eigenvalue weighted by molar-refractivity contribution is -0.0493. The number of nitrogens with one attached hydrogen (secondary N) is 1. The number of rotatable bonds is 5. The SMILES string of the molecule is Cc1nc(CN(C)C(=O)Nc2ccccc2OC(F)F)cs1. The molecule has 1 N–H and O–H groups in total. The summed E-state index contributed by atoms with van der Waals surface area (Å²) in [5, 5.41) is 5.33. The van der Waals surface area contributed by atoms with Gasteiger partial charge in [0.25, 0.3) is 0 Å². The van der Waals surface area contributed by atoms with Gasteiger partial charge in [0, 0.05) is 12.4 Å². The lowest BCUT2D eigenvalue weighted by Gasteiger charge is -2.18. The van der Waals surface area contributed by atoms with Crippen molar-refractivity contribution in [3.8, 4) is 5.75 Å². The number of hydrogen-bond acceptors (Lipinski definition) is 4. The lowest BCUT2D eigenvalue weighted by Crippen LogP contribution is -2.31. The zero-order valence-corrected chi connectivity index (χ0v) is 12.9. The Bertz CT molecular complexity index is 649. The van der Waals surface area contributed by atoms with Crippen LogP contribution in [-0.2, 0) is 6.54 Å². The maximum atomic E-state index is 12.3. The number of anilines is 1. The van der Waals surface area contributed by atoms with Gasteiger partial charge in [0.15, 0.2) is 0 Å². The number of carbonyl (C=O) groups excluding carboxylic acids is 1. The smallest absolute Gasteiger partial charge is 0.387 e. The number of benzene rings is 1. The molecule has 0 saturated carbocycles. The molecule has 0 spiro atoms. The number of aryl methyl sites for hydroxylation is 1. The molecule has 1 heterocycles. The summed E-state index contributed by atoms with van der Waals surface area (Å²) in [6.45, 7) is -0.742. The number of ether oxygens (including phenoxy) is 1. The molecule has 0 radical (unpaired) electrons. The highest BCUT2D eigenvalue weighted by Crippen LogP contribution is 2.25. The zero-order valence-electron chi connectivity index (χ0n) is 12.0. The molecule has 0 unspecified atom stereocenters. The Morgan fingerprint density at radius 3 is 2.82 bits per heavy atom. The van der Waals surface area contributed by atoms with Crippen LogP contribution in [0.5, 0.6) is 5.75 Å². The molecule has 5 nitrogen and oxygen atoms in total. The van der Waals surface area contributed by atoms with Crippen molar-refractivity contribution in [1.82, 2.24) is 9.88 Å². The largest absolute Gasteiger partial charge is 0.433 e. The van der Waals surface area contributed by atoms with E-state index >= 15 is 0 Å². The van der Waals surface area contributed by atoms with Crippen LogP contribution in [0.3, 0.4) is 0 Å². The Kier molecular flexibility index (Phi) is 5.26. The third-order valence-corrected chi connectivity index (χ3v) is 3.58. The number of carbonyl (C=O) groups is 1. The van der Waals surface area contributed by atoms with Gasteiger partial charge in [0.05, 0.1) is 22.9 Å². The van der Waals surface area contributed by atoms with Crippen LogP contribution in [0.25, 0.3) is 0 Å². The first-order valence-electron chi connectivity index (χ1n) is 6.42. The van der Waals surface area contributed by atoms with E-state index < -0.39 is 12.6 Å². The molecule has 2 aromatic rings. The number of alkyl halides is 2. The van der Waals surface area contributed by atoms with Crippen molar-refractivity contribution >= 4 is 23.1 Å². The van der Waals surface area contributed by atoms with Crippen molar-refractivity contribution in [2.24, 2.45) is 0 Å². The van der Waals surface area contributed by atoms with E-state index in [-0.39, 0.29) is 11.4 Å². The lowest BCUT2D eigenvalue weighted by atomic mass is 10.3. The van der Waals surface area contributed by atoms with Gasteiger partial charge in [0.1, 0.15) is 5.75 Å². The van der Waals surface area contributed by atoms with E-state index in [0.29, 0.717) is 6.54 Å². The van der Waals surface area contributed by atoms with Crippen LogP contribution in [0.1, 0.15) is 10.7 Å². The van der Waals surface area contributed by atoms with Crippen molar-refractivity contribution in [3.63, 3.8) is 0 Å². The molecule has 2 amide bonds. The van der Waals surface area contributed by atoms with Gasteiger partial charge < -0.3 is 15.0 Å². The average molecular weight is 327 g/mol. The van der Waals surface area contributed by atoms with Crippen LogP contribution in [0, 0.1) is 6.92 Å². The first-order valence-corrected chi connectivity index (χ1v) is 7.30. The van der Waals surface area contributed by atoms with Crippen LogP contribution >= 0.6 is 11.3 Å². The molecule has 0 aliphatic carbocycles. The average Bonchev–Trinajstić information content (AvgIpc) is 2.85. The van der Waals surface area contributed by atoms with Crippen molar-refractivity contribution in [1.29, 1.82) is 0 Å². The summed E-state index contributed by atoms with van der Waals surface area (Å²) >= 11 is 1.50. The molecular formula is C14H15F2N3O2S. The predicted molar refractivity (Wildman–Crippen MR) is 80.4 cm³/mol. The van der Waals surface area contributed by atoms with E-state index in [1.54, 1.807) is 19.2 Å². The number of amides is 2. The Hall–Kier alpha value is -2.22. The number of thiazole rings is 1. The predicted octanol–water partition coefficient (Wildman–Crippen LogP) is 3.72. The summed E-state index contributed by atoms with van der Waals surface area (Å²) in [6, 6.07) is 5.60. The number of para-hydroxylation sites is 2. The van der Waals surface area contributed by atoms with Crippen molar-refractivity contribution in [2.45, 2.75) is 20.1 Å². The molecule has 0 bridgehead atoms. The normalized spacial score (nSPS) is 10.6. The highest BCUT2D eigenvalue weighted by atomic mass is 32.1. The number of urea groups is 1. The first-order chi connectivity index (χ1) is 10.5. The summed E-state index contributed by atoms with van der Waals surface area (Å²) in [5.74, 6) is -0.0799. The molecular weight excluding hydrogens is 312 g/mol. The van der Waals surface area contributed by atoms with Gasteiger partial charge in [-0.1, -0.05) is 12.1 Å². The molecule has 8 heteroatoms. The molecule has 0 aliphatic rings. The molecule has 22 heavy (non-hydrogen) atoms. The molecule has 1 aromatic carbocycles. The van der Waals surface area contributed by atoms with Crippen molar-refractivity contribution in [3.05, 3.63) is 40.3 Å². The molecule has 118 valence electrons. The number of aromatic nitrogens is 1. The summed E-state index contributed by atoms with van der Waals surface area (Å²) in [4.78, 5) is 17.8. The molecule has 0 fully saturated rings. The second-order valence-corrected chi connectivity index (χ2v) is 5.58. The van der Waals surface area contributed by atoms with E-state index in [1.165, 1.54) is 28.4 Å². The number of halogens is 2. The topological polar surface area (TPSA) is 54.5 Å². The Balaban J connectivity index is 2.02. The Morgan fingerprint density at radius 2 is 2.18 bits per heavy atom. The summed E-state index contributed by atoms with van der Waals surface area (Å²) in [5.41, 5.74) is 0.964. The van der Waals surface area contributed by atoms with Crippen LogP contribution in [-0.4, -0.2) is 29.6 Å². The summed E-state index contributed by atoms with van der Waals surface area (Å²) < 4.78 is 29.0. The Morgan fingerprint density at radius 1 is 1.45 bits per heavy atom. The first kappa shape index (κ1) is 16.2. The van der Waals surface area contributed by atoms with Gasteiger partial charge in [-0.05, 0) is 19.1 Å². The van der Waals surface area contributed by atoms with Gasteiger partial charge >= 0.3 is 12.6 Å². The van der Waals surface area contributed by atoms with Gasteiger partial charge in [-0.25, -0.2) is 9.78 Å². The number of nitrogens with zero attached hydrogens (tertiary/aromatic N) is 2. The van der Waals surface area contributed by atoms with Gasteiger partial charge in [-0.2, -0.15) is 8.78 Å². The van der Waals surface area contributed by atoms with Crippen LogP contribution < -0.4 is 10.1 Å². The fraction of sp³-hybridized carbons (Fsp3) is 0.286. The van der Waals surface area contributed by atoms with Crippen molar-refractivity contribution in [2.75, 3.05) is 12.4 Å². The van der Waals surface area contributed by atoms with Gasteiger partial charge in [-0.3, -0.25) is 0 Å². The van der Waals surface area contributed by atoms with Crippen LogP contribution in [0.4, 0.5) is 19.3 Å². The highest BCUT2D eigenvalue weighted by Gasteiger charge is 2.15. The van der Waals surface area contributed by atoms with Crippen LogP contribution in [0.2, 0.25) is 0 Å². The van der Waals surface area contributed by atoms with Crippen LogP contribution in [0.15, 0.2) is 29.6 Å². The Labute approximate surface area is 130 Å². The minimum atomic E-state index is -2.95. The molecule has 0 atom stereocenters. The van der Waals surface area contributed by atoms with E-state index in [1.807, 2.05) is 12.3 Å². The fourth-order valence-corrected chi connectivity index (χ4v) is 2.38. The maximum absolute atomic E-state index is 12.3. The van der Waals surface area contributed by atoms with E-state index in [0.717, 1.165) is 10.7 Å². The maximum Gasteiger partial charge on any atom is 0.387 e. The molecule has 0 aliphatic heterocycles. The minimum Gasteiger partial charge on any atom is -0.433 e. The van der Waals surface area contributed by atoms with E-state index in [9.17, 15) is 13.6 Å². The third-order valence-electron chi connectivity index (χ3n) is 2.76. The second kappa shape index (κ2) is 7.17. The molecule has 2 rings (SSSR count). The molecule has 1 aromatic heterocycles. The second-order valence-electron chi connectivity index (χ2n) is 4.52. The quantitative estimate of drug-likeness (QED) is 0.910. The monoisotopic (exact) mass is 327 g/mol. The highest BCUT2D eigenvalue weighted by molar-refractivity contribution is 7.09. The number of hydrogen-bond donors (Lipinski definition) is 1.